The number of hydrogen-bond acceptors (Lipinski definition) is 3. The number of rotatable bonds is 8. The molecule has 0 bridgehead atoms. The third kappa shape index (κ3) is 9.13. The topological polar surface area (TPSA) is 43.7 Å². The second kappa shape index (κ2) is 12.9. The standard InChI is InChI=1S/C11H25NO2.C2H6/c1-4-7-12(11(14)9-13)8-6-10(3)5-2;1-2/h10-11,13-14H,4-9H2,1-3H3;1-2H3. The van der Waals surface area contributed by atoms with E-state index in [0.29, 0.717) is 5.92 Å². The van der Waals surface area contributed by atoms with E-state index in [2.05, 4.69) is 20.8 Å². The fraction of sp³-hybridized carbons (Fsp3) is 1.00. The average molecular weight is 233 g/mol. The van der Waals surface area contributed by atoms with Crippen LogP contribution < -0.4 is 0 Å². The molecular formula is C13H31NO2. The van der Waals surface area contributed by atoms with Crippen molar-refractivity contribution in [2.75, 3.05) is 19.7 Å². The molecule has 0 aromatic carbocycles. The molecule has 0 aliphatic rings. The summed E-state index contributed by atoms with van der Waals surface area (Å²) in [6.45, 7) is 12.1. The first kappa shape index (κ1) is 18.3. The number of hydrogen-bond donors (Lipinski definition) is 2. The minimum Gasteiger partial charge on any atom is -0.392 e. The van der Waals surface area contributed by atoms with E-state index in [1.165, 1.54) is 6.42 Å². The molecule has 0 aromatic heterocycles. The molecule has 0 heterocycles. The van der Waals surface area contributed by atoms with Crippen molar-refractivity contribution in [3.8, 4) is 0 Å². The van der Waals surface area contributed by atoms with Crippen molar-refractivity contribution in [1.82, 2.24) is 4.90 Å². The first-order valence-electron chi connectivity index (χ1n) is 6.68. The van der Waals surface area contributed by atoms with Crippen molar-refractivity contribution >= 4 is 0 Å². The van der Waals surface area contributed by atoms with Crippen LogP contribution in [0.2, 0.25) is 0 Å². The zero-order valence-electron chi connectivity index (χ0n) is 11.7. The summed E-state index contributed by atoms with van der Waals surface area (Å²) in [4.78, 5) is 1.95. The van der Waals surface area contributed by atoms with Crippen LogP contribution >= 0.6 is 0 Å². The predicted molar refractivity (Wildman–Crippen MR) is 70.4 cm³/mol. The van der Waals surface area contributed by atoms with Crippen molar-refractivity contribution in [2.24, 2.45) is 5.92 Å². The highest BCUT2D eigenvalue weighted by atomic mass is 16.3. The highest BCUT2D eigenvalue weighted by Gasteiger charge is 2.13. The molecule has 0 aliphatic heterocycles. The van der Waals surface area contributed by atoms with Crippen LogP contribution in [0.15, 0.2) is 0 Å². The van der Waals surface area contributed by atoms with Crippen molar-refractivity contribution < 1.29 is 10.2 Å². The van der Waals surface area contributed by atoms with E-state index in [0.717, 1.165) is 25.9 Å². The quantitative estimate of drug-likeness (QED) is 0.633. The molecule has 0 amide bonds. The second-order valence-electron chi connectivity index (χ2n) is 4.00. The van der Waals surface area contributed by atoms with Gasteiger partial charge < -0.3 is 10.2 Å². The summed E-state index contributed by atoms with van der Waals surface area (Å²) in [7, 11) is 0. The Morgan fingerprint density at radius 1 is 1.12 bits per heavy atom. The SMILES string of the molecule is CC.CCCN(CCC(C)CC)C(O)CO. The molecule has 0 spiro atoms. The van der Waals surface area contributed by atoms with E-state index in [-0.39, 0.29) is 6.61 Å². The lowest BCUT2D eigenvalue weighted by Gasteiger charge is -2.27. The van der Waals surface area contributed by atoms with Gasteiger partial charge in [-0.05, 0) is 18.8 Å². The molecule has 0 aliphatic carbocycles. The summed E-state index contributed by atoms with van der Waals surface area (Å²) >= 11 is 0. The first-order chi connectivity index (χ1) is 7.65. The molecule has 0 saturated carbocycles. The van der Waals surface area contributed by atoms with Gasteiger partial charge in [0.2, 0.25) is 0 Å². The molecule has 0 saturated heterocycles. The predicted octanol–water partition coefficient (Wildman–Crippen LogP) is 2.47. The van der Waals surface area contributed by atoms with Crippen LogP contribution in [0.4, 0.5) is 0 Å². The highest BCUT2D eigenvalue weighted by molar-refractivity contribution is 4.62. The van der Waals surface area contributed by atoms with Gasteiger partial charge in [0.15, 0.2) is 0 Å². The van der Waals surface area contributed by atoms with E-state index < -0.39 is 6.23 Å². The molecule has 3 nitrogen and oxygen atoms in total. The monoisotopic (exact) mass is 233 g/mol. The van der Waals surface area contributed by atoms with E-state index in [4.69, 9.17) is 5.11 Å². The normalized spacial score (nSPS) is 14.2. The maximum atomic E-state index is 9.51. The lowest BCUT2D eigenvalue weighted by Crippen LogP contribution is -2.39. The minimum atomic E-state index is -0.681. The molecular weight excluding hydrogens is 202 g/mol. The van der Waals surface area contributed by atoms with Gasteiger partial charge in [-0.15, -0.1) is 0 Å². The van der Waals surface area contributed by atoms with Crippen molar-refractivity contribution in [3.05, 3.63) is 0 Å². The van der Waals surface area contributed by atoms with Crippen LogP contribution in [0.25, 0.3) is 0 Å². The van der Waals surface area contributed by atoms with Gasteiger partial charge in [0.1, 0.15) is 6.23 Å². The van der Waals surface area contributed by atoms with E-state index in [9.17, 15) is 5.11 Å². The largest absolute Gasteiger partial charge is 0.392 e. The minimum absolute atomic E-state index is 0.166. The van der Waals surface area contributed by atoms with Gasteiger partial charge in [-0.1, -0.05) is 41.0 Å². The van der Waals surface area contributed by atoms with Crippen LogP contribution in [0.1, 0.15) is 53.9 Å². The third-order valence-electron chi connectivity index (χ3n) is 2.70. The fourth-order valence-electron chi connectivity index (χ4n) is 1.40. The number of nitrogens with zero attached hydrogens (tertiary/aromatic N) is 1. The van der Waals surface area contributed by atoms with Crippen LogP contribution in [-0.4, -0.2) is 41.0 Å². The Morgan fingerprint density at radius 2 is 1.69 bits per heavy atom. The number of aliphatic hydroxyl groups is 2. The van der Waals surface area contributed by atoms with Gasteiger partial charge in [0, 0.05) is 13.1 Å². The molecule has 0 aromatic rings. The van der Waals surface area contributed by atoms with Gasteiger partial charge in [-0.2, -0.15) is 0 Å². The zero-order valence-corrected chi connectivity index (χ0v) is 11.7. The Labute approximate surface area is 101 Å². The summed E-state index contributed by atoms with van der Waals surface area (Å²) in [5, 5.41) is 18.4. The fourth-order valence-corrected chi connectivity index (χ4v) is 1.40. The molecule has 0 fully saturated rings. The zero-order chi connectivity index (χ0) is 13.0. The summed E-state index contributed by atoms with van der Waals surface area (Å²) in [6, 6.07) is 0. The van der Waals surface area contributed by atoms with Gasteiger partial charge in [-0.25, -0.2) is 0 Å². The van der Waals surface area contributed by atoms with Crippen molar-refractivity contribution in [2.45, 2.75) is 60.1 Å². The van der Waals surface area contributed by atoms with E-state index >= 15 is 0 Å². The van der Waals surface area contributed by atoms with Crippen molar-refractivity contribution in [1.29, 1.82) is 0 Å². The molecule has 0 radical (unpaired) electrons. The van der Waals surface area contributed by atoms with Gasteiger partial charge >= 0.3 is 0 Å². The molecule has 2 atom stereocenters. The summed E-state index contributed by atoms with van der Waals surface area (Å²) in [5.74, 6) is 0.695. The van der Waals surface area contributed by atoms with E-state index in [1.807, 2.05) is 18.7 Å². The summed E-state index contributed by atoms with van der Waals surface area (Å²) in [5.41, 5.74) is 0. The lowest BCUT2D eigenvalue weighted by atomic mass is 10.1. The summed E-state index contributed by atoms with van der Waals surface area (Å²) in [6.07, 6.45) is 2.60. The maximum absolute atomic E-state index is 9.51. The second-order valence-corrected chi connectivity index (χ2v) is 4.00. The Bertz CT molecular complexity index is 131. The smallest absolute Gasteiger partial charge is 0.130 e. The summed E-state index contributed by atoms with van der Waals surface area (Å²) < 4.78 is 0. The Balaban J connectivity index is 0. The van der Waals surface area contributed by atoms with Gasteiger partial charge in [0.25, 0.3) is 0 Å². The van der Waals surface area contributed by atoms with Crippen LogP contribution in [0.3, 0.4) is 0 Å². The average Bonchev–Trinajstić information content (AvgIpc) is 2.35. The lowest BCUT2D eigenvalue weighted by molar-refractivity contribution is -0.0367. The molecule has 3 heteroatoms. The van der Waals surface area contributed by atoms with Crippen LogP contribution in [-0.2, 0) is 0 Å². The molecule has 100 valence electrons. The van der Waals surface area contributed by atoms with Crippen LogP contribution in [0, 0.1) is 5.92 Å². The number of aliphatic hydroxyl groups excluding tert-OH is 2. The highest BCUT2D eigenvalue weighted by Crippen LogP contribution is 2.09. The Morgan fingerprint density at radius 3 is 2.06 bits per heavy atom. The van der Waals surface area contributed by atoms with Gasteiger partial charge in [-0.3, -0.25) is 4.90 Å². The van der Waals surface area contributed by atoms with Gasteiger partial charge in [0.05, 0.1) is 6.61 Å². The first-order valence-corrected chi connectivity index (χ1v) is 6.68. The molecule has 2 unspecified atom stereocenters. The van der Waals surface area contributed by atoms with Crippen molar-refractivity contribution in [3.63, 3.8) is 0 Å². The third-order valence-corrected chi connectivity index (χ3v) is 2.70. The Hall–Kier alpha value is -0.120. The van der Waals surface area contributed by atoms with Crippen LogP contribution in [0.5, 0.6) is 0 Å². The van der Waals surface area contributed by atoms with E-state index in [1.54, 1.807) is 0 Å². The molecule has 0 rings (SSSR count). The molecule has 2 N–H and O–H groups in total. The molecule has 16 heavy (non-hydrogen) atoms. The Kier molecular flexibility index (Phi) is 14.8. The maximum Gasteiger partial charge on any atom is 0.130 e.